The summed E-state index contributed by atoms with van der Waals surface area (Å²) in [5.74, 6) is 0.833. The molecule has 4 N–H and O–H groups in total. The molecule has 2 rings (SSSR count). The third-order valence-corrected chi connectivity index (χ3v) is 4.81. The first-order chi connectivity index (χ1) is 9.94. The lowest BCUT2D eigenvalue weighted by Gasteiger charge is -2.13. The number of aryl methyl sites for hydroxylation is 2. The Hall–Kier alpha value is -1.64. The zero-order chi connectivity index (χ0) is 15.5. The standard InChI is InChI=1S/C13H20N4O3S/c1-9(5-6-11-4-3-7-20-11)17-21(18,19)13-12(8-14)10(2)15-16-13/h3-4,7,9,17H,5-6,8,14H2,1-2H3,(H,15,16). The molecule has 7 nitrogen and oxygen atoms in total. The van der Waals surface area contributed by atoms with Crippen molar-refractivity contribution < 1.29 is 12.8 Å². The molecule has 0 bridgehead atoms. The molecule has 21 heavy (non-hydrogen) atoms. The van der Waals surface area contributed by atoms with Crippen molar-refractivity contribution in [3.63, 3.8) is 0 Å². The van der Waals surface area contributed by atoms with Crippen molar-refractivity contribution >= 4 is 10.0 Å². The number of aromatic amines is 1. The molecule has 0 spiro atoms. The second kappa shape index (κ2) is 6.42. The van der Waals surface area contributed by atoms with Crippen molar-refractivity contribution in [3.8, 4) is 0 Å². The van der Waals surface area contributed by atoms with Crippen LogP contribution in [0.25, 0.3) is 0 Å². The van der Waals surface area contributed by atoms with Gasteiger partial charge in [-0.1, -0.05) is 0 Å². The number of hydrogen-bond donors (Lipinski definition) is 3. The van der Waals surface area contributed by atoms with Crippen LogP contribution in [0, 0.1) is 6.92 Å². The lowest BCUT2D eigenvalue weighted by molar-refractivity contribution is 0.479. The smallest absolute Gasteiger partial charge is 0.260 e. The van der Waals surface area contributed by atoms with Crippen molar-refractivity contribution in [1.29, 1.82) is 0 Å². The number of aromatic nitrogens is 2. The van der Waals surface area contributed by atoms with Gasteiger partial charge in [0.15, 0.2) is 5.03 Å². The Kier molecular flexibility index (Phi) is 4.81. The van der Waals surface area contributed by atoms with Crippen LogP contribution in [0.1, 0.15) is 30.4 Å². The summed E-state index contributed by atoms with van der Waals surface area (Å²) in [5.41, 5.74) is 6.76. The van der Waals surface area contributed by atoms with E-state index in [1.54, 1.807) is 13.2 Å². The molecule has 0 saturated heterocycles. The highest BCUT2D eigenvalue weighted by atomic mass is 32.2. The van der Waals surface area contributed by atoms with Gasteiger partial charge in [0.25, 0.3) is 10.0 Å². The number of nitrogens with one attached hydrogen (secondary N) is 2. The number of H-pyrrole nitrogens is 1. The minimum absolute atomic E-state index is 0.0210. The van der Waals surface area contributed by atoms with Crippen molar-refractivity contribution in [2.45, 2.75) is 44.3 Å². The molecule has 2 heterocycles. The summed E-state index contributed by atoms with van der Waals surface area (Å²) < 4.78 is 32.5. The van der Waals surface area contributed by atoms with Gasteiger partial charge in [-0.05, 0) is 32.4 Å². The zero-order valence-electron chi connectivity index (χ0n) is 12.1. The summed E-state index contributed by atoms with van der Waals surface area (Å²) in [6, 6.07) is 3.44. The second-order valence-electron chi connectivity index (χ2n) is 4.98. The van der Waals surface area contributed by atoms with Gasteiger partial charge in [-0.3, -0.25) is 5.10 Å². The summed E-state index contributed by atoms with van der Waals surface area (Å²) in [4.78, 5) is 0. The predicted molar refractivity (Wildman–Crippen MR) is 78.0 cm³/mol. The Labute approximate surface area is 124 Å². The van der Waals surface area contributed by atoms with Crippen LogP contribution in [0.4, 0.5) is 0 Å². The van der Waals surface area contributed by atoms with Gasteiger partial charge in [0, 0.05) is 30.3 Å². The van der Waals surface area contributed by atoms with Crippen molar-refractivity contribution in [1.82, 2.24) is 14.9 Å². The summed E-state index contributed by atoms with van der Waals surface area (Å²) in [5, 5.41) is 6.48. The van der Waals surface area contributed by atoms with E-state index in [0.29, 0.717) is 24.1 Å². The molecule has 116 valence electrons. The lowest BCUT2D eigenvalue weighted by atomic mass is 10.2. The first-order valence-electron chi connectivity index (χ1n) is 6.72. The van der Waals surface area contributed by atoms with Crippen LogP contribution < -0.4 is 10.5 Å². The van der Waals surface area contributed by atoms with E-state index in [4.69, 9.17) is 10.2 Å². The first-order valence-corrected chi connectivity index (χ1v) is 8.21. The quantitative estimate of drug-likeness (QED) is 0.707. The van der Waals surface area contributed by atoms with E-state index >= 15 is 0 Å². The van der Waals surface area contributed by atoms with E-state index < -0.39 is 10.0 Å². The van der Waals surface area contributed by atoms with E-state index in [1.165, 1.54) is 0 Å². The maximum atomic E-state index is 12.3. The van der Waals surface area contributed by atoms with Gasteiger partial charge < -0.3 is 10.2 Å². The fourth-order valence-electron chi connectivity index (χ4n) is 2.09. The van der Waals surface area contributed by atoms with E-state index in [2.05, 4.69) is 14.9 Å². The number of hydrogen-bond acceptors (Lipinski definition) is 5. The van der Waals surface area contributed by atoms with E-state index in [1.807, 2.05) is 19.1 Å². The van der Waals surface area contributed by atoms with Gasteiger partial charge in [0.1, 0.15) is 5.76 Å². The van der Waals surface area contributed by atoms with Crippen molar-refractivity contribution in [2.24, 2.45) is 5.73 Å². The van der Waals surface area contributed by atoms with Crippen LogP contribution in [0.5, 0.6) is 0 Å². The molecule has 0 saturated carbocycles. The molecule has 0 amide bonds. The Morgan fingerprint density at radius 1 is 1.52 bits per heavy atom. The van der Waals surface area contributed by atoms with Crippen LogP contribution >= 0.6 is 0 Å². The Morgan fingerprint density at radius 2 is 2.29 bits per heavy atom. The van der Waals surface area contributed by atoms with Crippen LogP contribution in [0.3, 0.4) is 0 Å². The fraction of sp³-hybridized carbons (Fsp3) is 0.462. The molecule has 2 aromatic rings. The highest BCUT2D eigenvalue weighted by molar-refractivity contribution is 7.89. The summed E-state index contributed by atoms with van der Waals surface area (Å²) in [6.07, 6.45) is 2.90. The number of rotatable bonds is 7. The molecule has 0 radical (unpaired) electrons. The van der Waals surface area contributed by atoms with E-state index in [0.717, 1.165) is 5.76 Å². The molecule has 8 heteroatoms. The minimum atomic E-state index is -3.68. The van der Waals surface area contributed by atoms with Gasteiger partial charge in [0.05, 0.1) is 6.26 Å². The molecule has 2 aromatic heterocycles. The predicted octanol–water partition coefficient (Wildman–Crippen LogP) is 1.07. The SMILES string of the molecule is Cc1[nH]nc(S(=O)(=O)NC(C)CCc2ccco2)c1CN. The second-order valence-corrected chi connectivity index (χ2v) is 6.61. The van der Waals surface area contributed by atoms with Gasteiger partial charge in [-0.15, -0.1) is 0 Å². The highest BCUT2D eigenvalue weighted by Gasteiger charge is 2.24. The number of sulfonamides is 1. The molecule has 0 aromatic carbocycles. The Balaban J connectivity index is 2.03. The van der Waals surface area contributed by atoms with E-state index in [9.17, 15) is 8.42 Å². The maximum absolute atomic E-state index is 12.3. The minimum Gasteiger partial charge on any atom is -0.469 e. The summed E-state index contributed by atoms with van der Waals surface area (Å²) in [7, 11) is -3.68. The molecule has 1 unspecified atom stereocenters. The highest BCUT2D eigenvalue weighted by Crippen LogP contribution is 2.16. The third kappa shape index (κ3) is 3.72. The number of nitrogens with zero attached hydrogens (tertiary/aromatic N) is 1. The molecule has 1 atom stereocenters. The van der Waals surface area contributed by atoms with Crippen molar-refractivity contribution in [2.75, 3.05) is 0 Å². The topological polar surface area (TPSA) is 114 Å². The Bertz CT molecular complexity index is 676. The average molecular weight is 312 g/mol. The van der Waals surface area contributed by atoms with Crippen LogP contribution in [0.2, 0.25) is 0 Å². The first kappa shape index (κ1) is 15.7. The van der Waals surface area contributed by atoms with E-state index in [-0.39, 0.29) is 17.6 Å². The summed E-state index contributed by atoms with van der Waals surface area (Å²) in [6.45, 7) is 3.68. The summed E-state index contributed by atoms with van der Waals surface area (Å²) >= 11 is 0. The fourth-order valence-corrected chi connectivity index (χ4v) is 3.57. The molecule has 0 fully saturated rings. The van der Waals surface area contributed by atoms with Gasteiger partial charge >= 0.3 is 0 Å². The van der Waals surface area contributed by atoms with Crippen molar-refractivity contribution in [3.05, 3.63) is 35.4 Å². The molecular formula is C13H20N4O3S. The lowest BCUT2D eigenvalue weighted by Crippen LogP contribution is -2.33. The Morgan fingerprint density at radius 3 is 2.90 bits per heavy atom. The van der Waals surface area contributed by atoms with Gasteiger partial charge in [-0.2, -0.15) is 5.10 Å². The number of nitrogens with two attached hydrogens (primary N) is 1. The molecule has 0 aliphatic heterocycles. The average Bonchev–Trinajstić information content (AvgIpc) is 3.04. The van der Waals surface area contributed by atoms with Gasteiger partial charge in [-0.25, -0.2) is 13.1 Å². The normalized spacial score (nSPS) is 13.5. The van der Waals surface area contributed by atoms with Gasteiger partial charge in [0.2, 0.25) is 0 Å². The third-order valence-electron chi connectivity index (χ3n) is 3.25. The largest absolute Gasteiger partial charge is 0.469 e. The maximum Gasteiger partial charge on any atom is 0.260 e. The van der Waals surface area contributed by atoms with Crippen LogP contribution in [-0.2, 0) is 23.0 Å². The molecule has 0 aliphatic rings. The van der Waals surface area contributed by atoms with Crippen LogP contribution in [-0.4, -0.2) is 24.7 Å². The van der Waals surface area contributed by atoms with Crippen LogP contribution in [0.15, 0.2) is 27.8 Å². The molecular weight excluding hydrogens is 292 g/mol. The monoisotopic (exact) mass is 312 g/mol. The number of furan rings is 1. The molecule has 0 aliphatic carbocycles. The zero-order valence-corrected chi connectivity index (χ0v) is 12.9.